The van der Waals surface area contributed by atoms with E-state index in [1.807, 2.05) is 0 Å². The number of benzene rings is 3. The molecule has 1 amide bonds. The Balaban J connectivity index is 1.18. The largest absolute Gasteiger partial charge is 0.490 e. The van der Waals surface area contributed by atoms with Gasteiger partial charge < -0.3 is 29.6 Å². The van der Waals surface area contributed by atoms with Crippen molar-refractivity contribution in [1.29, 1.82) is 0 Å². The van der Waals surface area contributed by atoms with Crippen molar-refractivity contribution in [2.45, 2.75) is 88.8 Å². The smallest absolute Gasteiger partial charge is 0.416 e. The lowest BCUT2D eigenvalue weighted by Crippen LogP contribution is -2.56. The Labute approximate surface area is 312 Å². The highest BCUT2D eigenvalue weighted by Crippen LogP contribution is 2.38. The number of alkyl halides is 6. The summed E-state index contributed by atoms with van der Waals surface area (Å²) >= 11 is 0. The molecule has 0 radical (unpaired) electrons. The predicted molar refractivity (Wildman–Crippen MR) is 185 cm³/mol. The average Bonchev–Trinajstić information content (AvgIpc) is 3.30. The summed E-state index contributed by atoms with van der Waals surface area (Å²) < 4.78 is 104. The van der Waals surface area contributed by atoms with Gasteiger partial charge in [-0.05, 0) is 80.3 Å². The van der Waals surface area contributed by atoms with Gasteiger partial charge in [0.05, 0.1) is 30.5 Å². The van der Waals surface area contributed by atoms with Crippen LogP contribution in [-0.2, 0) is 28.7 Å². The lowest BCUT2D eigenvalue weighted by molar-refractivity contribution is -0.194. The zero-order chi connectivity index (χ0) is 40.1. The number of carbonyl (C=O) groups is 2. The van der Waals surface area contributed by atoms with Crippen molar-refractivity contribution in [3.63, 3.8) is 0 Å². The minimum Gasteiger partial charge on any atom is -0.490 e. The third-order valence-electron chi connectivity index (χ3n) is 9.26. The van der Waals surface area contributed by atoms with Crippen molar-refractivity contribution in [3.05, 3.63) is 82.9 Å². The minimum absolute atomic E-state index is 0.0213. The fourth-order valence-corrected chi connectivity index (χ4v) is 6.62. The number of hydrogen-bond donors (Lipinski definition) is 4. The molecule has 3 aromatic carbocycles. The molecule has 1 saturated heterocycles. The number of esters is 1. The first-order chi connectivity index (χ1) is 25.8. The van der Waals surface area contributed by atoms with Crippen LogP contribution in [0.15, 0.2) is 60.7 Å². The first-order valence-electron chi connectivity index (χ1n) is 17.3. The highest BCUT2D eigenvalue weighted by Gasteiger charge is 2.46. The van der Waals surface area contributed by atoms with Gasteiger partial charge in [0, 0.05) is 38.5 Å². The quantitative estimate of drug-likeness (QED) is 0.0863. The maximum atomic E-state index is 14.0. The van der Waals surface area contributed by atoms with Gasteiger partial charge in [0.1, 0.15) is 23.4 Å². The number of rotatable bonds is 11. The molecule has 18 heteroatoms. The van der Waals surface area contributed by atoms with E-state index in [9.17, 15) is 46.3 Å². The van der Waals surface area contributed by atoms with Crippen LogP contribution in [0.3, 0.4) is 0 Å². The standard InChI is InChI=1S/C37H42F6N4O8/c1-35(2,55-34(49)45-26-10-13-32(37(41,42)43)46(21-26)20-22-4-7-24(8-5-22)33(48)52-3)18-27-14-15-53-30-12-6-23(16-31(30)54-27)19-44-28-11-9-25(36(38,39)40)17-29(28)47(50)51/h4-9,11-12,16-17,26-27,32,44,50-51H,10,13-15,18-21H2,1-3H3,(H,45,49). The van der Waals surface area contributed by atoms with Crippen LogP contribution in [0.2, 0.25) is 0 Å². The second-order valence-electron chi connectivity index (χ2n) is 14.0. The molecular formula is C37H42F6N4O8. The zero-order valence-electron chi connectivity index (χ0n) is 30.2. The van der Waals surface area contributed by atoms with Gasteiger partial charge in [-0.15, -0.1) is 5.23 Å². The van der Waals surface area contributed by atoms with Crippen molar-refractivity contribution in [2.75, 3.05) is 30.8 Å². The van der Waals surface area contributed by atoms with Crippen molar-refractivity contribution < 1.29 is 65.3 Å². The third kappa shape index (κ3) is 11.1. The molecule has 5 rings (SSSR count). The van der Waals surface area contributed by atoms with E-state index in [4.69, 9.17) is 14.2 Å². The Morgan fingerprint density at radius 3 is 2.29 bits per heavy atom. The number of nitrogens with zero attached hydrogens (tertiary/aromatic N) is 2. The maximum absolute atomic E-state index is 14.0. The number of ether oxygens (including phenoxy) is 4. The van der Waals surface area contributed by atoms with Crippen LogP contribution in [-0.4, -0.2) is 77.6 Å². The van der Waals surface area contributed by atoms with E-state index >= 15 is 0 Å². The molecule has 2 aliphatic rings. The van der Waals surface area contributed by atoms with Gasteiger partial charge in [-0.2, -0.15) is 26.3 Å². The van der Waals surface area contributed by atoms with E-state index in [1.54, 1.807) is 44.2 Å². The highest BCUT2D eigenvalue weighted by atomic mass is 19.4. The molecule has 300 valence electrons. The summed E-state index contributed by atoms with van der Waals surface area (Å²) in [6.07, 6.45) is -9.99. The molecule has 0 aliphatic carbocycles. The molecule has 2 heterocycles. The molecule has 0 bridgehead atoms. The molecular weight excluding hydrogens is 742 g/mol. The summed E-state index contributed by atoms with van der Waals surface area (Å²) in [6, 6.07) is 11.2. The van der Waals surface area contributed by atoms with E-state index in [0.717, 1.165) is 12.1 Å². The van der Waals surface area contributed by atoms with Gasteiger partial charge in [-0.1, -0.05) is 18.2 Å². The Kier molecular flexibility index (Phi) is 12.6. The summed E-state index contributed by atoms with van der Waals surface area (Å²) in [7, 11) is 1.23. The summed E-state index contributed by atoms with van der Waals surface area (Å²) in [4.78, 5) is 26.1. The van der Waals surface area contributed by atoms with Crippen LogP contribution in [0.25, 0.3) is 0 Å². The number of piperidine rings is 1. The molecule has 12 nitrogen and oxygen atoms in total. The van der Waals surface area contributed by atoms with E-state index in [0.29, 0.717) is 35.1 Å². The van der Waals surface area contributed by atoms with Gasteiger partial charge in [-0.25, -0.2) is 9.59 Å². The highest BCUT2D eigenvalue weighted by molar-refractivity contribution is 5.89. The molecule has 0 saturated carbocycles. The molecule has 1 fully saturated rings. The van der Waals surface area contributed by atoms with Gasteiger partial charge in [0.25, 0.3) is 0 Å². The maximum Gasteiger partial charge on any atom is 0.416 e. The van der Waals surface area contributed by atoms with Gasteiger partial charge >= 0.3 is 24.4 Å². The molecule has 55 heavy (non-hydrogen) atoms. The van der Waals surface area contributed by atoms with E-state index < -0.39 is 64.7 Å². The van der Waals surface area contributed by atoms with Crippen LogP contribution in [0.4, 0.5) is 42.5 Å². The fourth-order valence-electron chi connectivity index (χ4n) is 6.62. The minimum atomic E-state index is -4.69. The summed E-state index contributed by atoms with van der Waals surface area (Å²) in [5.41, 5.74) is -1.19. The lowest BCUT2D eigenvalue weighted by Gasteiger charge is -2.40. The van der Waals surface area contributed by atoms with E-state index in [-0.39, 0.29) is 56.8 Å². The molecule has 3 unspecified atom stereocenters. The number of alkyl carbamates (subject to hydrolysis) is 1. The van der Waals surface area contributed by atoms with Crippen molar-refractivity contribution in [2.24, 2.45) is 0 Å². The number of methoxy groups -OCH3 is 1. The first-order valence-corrected chi connectivity index (χ1v) is 17.3. The first kappa shape index (κ1) is 41.2. The normalized spacial score (nSPS) is 19.2. The van der Waals surface area contributed by atoms with E-state index in [1.165, 1.54) is 24.1 Å². The fraction of sp³-hybridized carbons (Fsp3) is 0.459. The Morgan fingerprint density at radius 1 is 0.927 bits per heavy atom. The Morgan fingerprint density at radius 2 is 1.64 bits per heavy atom. The van der Waals surface area contributed by atoms with Crippen LogP contribution < -0.4 is 25.3 Å². The molecule has 3 aromatic rings. The molecule has 2 aliphatic heterocycles. The Bertz CT molecular complexity index is 1810. The van der Waals surface area contributed by atoms with Crippen LogP contribution >= 0.6 is 0 Å². The van der Waals surface area contributed by atoms with Crippen molar-refractivity contribution >= 4 is 23.4 Å². The van der Waals surface area contributed by atoms with Crippen molar-refractivity contribution in [1.82, 2.24) is 10.2 Å². The predicted octanol–water partition coefficient (Wildman–Crippen LogP) is 7.71. The Hall–Kier alpha value is -4.94. The number of fused-ring (bicyclic) bond motifs is 1. The van der Waals surface area contributed by atoms with Gasteiger partial charge in [0.2, 0.25) is 0 Å². The number of amides is 1. The van der Waals surface area contributed by atoms with Gasteiger partial charge in [-0.3, -0.25) is 15.3 Å². The molecule has 3 atom stereocenters. The lowest BCUT2D eigenvalue weighted by atomic mass is 9.96. The second kappa shape index (κ2) is 16.8. The number of halogens is 6. The number of anilines is 2. The van der Waals surface area contributed by atoms with E-state index in [2.05, 4.69) is 15.4 Å². The SMILES string of the molecule is COC(=O)c1ccc(CN2CC(NC(=O)OC(C)(C)CC3CCOc4ccc(CNc5ccc(C(F)(F)F)cc5N(O)O)cc4O3)CCC2C(F)(F)F)cc1. The molecule has 0 spiro atoms. The summed E-state index contributed by atoms with van der Waals surface area (Å²) in [5.74, 6) is 0.238. The third-order valence-corrected chi connectivity index (χ3v) is 9.26. The molecule has 0 aromatic heterocycles. The monoisotopic (exact) mass is 784 g/mol. The van der Waals surface area contributed by atoms with Crippen molar-refractivity contribution in [3.8, 4) is 11.5 Å². The van der Waals surface area contributed by atoms with Crippen LogP contribution in [0.5, 0.6) is 11.5 Å². The number of likely N-dealkylation sites (tertiary alicyclic amines) is 1. The average molecular weight is 785 g/mol. The summed E-state index contributed by atoms with van der Waals surface area (Å²) in [5, 5.41) is 24.3. The topological polar surface area (TPSA) is 142 Å². The number of nitrogens with one attached hydrogen (secondary N) is 2. The second-order valence-corrected chi connectivity index (χ2v) is 14.0. The summed E-state index contributed by atoms with van der Waals surface area (Å²) in [6.45, 7) is 3.55. The van der Waals surface area contributed by atoms with Crippen LogP contribution in [0, 0.1) is 0 Å². The van der Waals surface area contributed by atoms with Gasteiger partial charge in [0.15, 0.2) is 11.5 Å². The number of carbonyl (C=O) groups excluding carboxylic acids is 2. The zero-order valence-corrected chi connectivity index (χ0v) is 30.2. The number of hydrogen-bond acceptors (Lipinski definition) is 11. The van der Waals surface area contributed by atoms with Crippen LogP contribution in [0.1, 0.15) is 66.6 Å². The molecule has 4 N–H and O–H groups in total.